The molecule has 34 heteroatoms. The third-order valence-electron chi connectivity index (χ3n) is 15.6. The van der Waals surface area contributed by atoms with Gasteiger partial charge in [-0.05, 0) is 264 Å². The summed E-state index contributed by atoms with van der Waals surface area (Å²) in [6, 6.07) is 14.2. The summed E-state index contributed by atoms with van der Waals surface area (Å²) in [6.07, 6.45) is -4.49. The largest absolute Gasteiger partial charge is 0.489 e. The van der Waals surface area contributed by atoms with E-state index in [9.17, 15) is 47.9 Å². The molecule has 6 amide bonds. The molecule has 120 heavy (non-hydrogen) atoms. The molecule has 0 radical (unpaired) electrons. The van der Waals surface area contributed by atoms with Crippen molar-refractivity contribution in [3.63, 3.8) is 0 Å². The Morgan fingerprint density at radius 2 is 0.733 bits per heavy atom. The van der Waals surface area contributed by atoms with Gasteiger partial charge in [0.05, 0.1) is 74.7 Å². The van der Waals surface area contributed by atoms with E-state index in [0.29, 0.717) is 11.1 Å². The number of benzene rings is 4. The second kappa shape index (κ2) is 41.0. The lowest BCUT2D eigenvalue weighted by molar-refractivity contribution is -0.168. The molecule has 4 aromatic carbocycles. The Hall–Kier alpha value is -11.4. The Balaban J connectivity index is 1.29. The number of nitrogens with zero attached hydrogens (tertiary/aromatic N) is 4. The normalized spacial score (nSPS) is 14.3. The van der Waals surface area contributed by atoms with E-state index in [1.165, 1.54) is 60.7 Å². The molecule has 0 spiro atoms. The summed E-state index contributed by atoms with van der Waals surface area (Å²) >= 11 is 0. The summed E-state index contributed by atoms with van der Waals surface area (Å²) in [6.45, 7) is 37.2. The molecule has 4 N–H and O–H groups in total. The van der Waals surface area contributed by atoms with Crippen LogP contribution in [-0.2, 0) is 79.4 Å². The fourth-order valence-corrected chi connectivity index (χ4v) is 11.4. The van der Waals surface area contributed by atoms with Crippen LogP contribution in [0.15, 0.2) is 82.8 Å². The maximum Gasteiger partial charge on any atom is 0.437 e. The smallest absolute Gasteiger partial charge is 0.437 e. The Bertz CT molecular complexity index is 4180. The lowest BCUT2D eigenvalue weighted by atomic mass is 10.0. The van der Waals surface area contributed by atoms with E-state index in [0.717, 1.165) is 9.80 Å². The summed E-state index contributed by atoms with van der Waals surface area (Å²) in [5.74, 6) is -8.65. The number of ether oxygens (including phenoxy) is 14. The molecule has 4 aromatic rings. The number of para-hydroxylation sites is 2. The monoisotopic (exact) mass is 1680 g/mol. The molecule has 2 atom stereocenters. The Morgan fingerprint density at radius 3 is 1.05 bits per heavy atom. The van der Waals surface area contributed by atoms with E-state index >= 15 is 9.59 Å². The lowest BCUT2D eigenvalue weighted by Gasteiger charge is -2.33. The zero-order valence-corrected chi connectivity index (χ0v) is 73.4. The van der Waals surface area contributed by atoms with Crippen LogP contribution in [0.25, 0.3) is 0 Å². The number of nitrogens with one attached hydrogen (secondary N) is 4. The molecule has 0 saturated heterocycles. The van der Waals surface area contributed by atoms with Crippen molar-refractivity contribution >= 4 is 95.3 Å². The average molecular weight is 1680 g/mol. The van der Waals surface area contributed by atoms with Gasteiger partial charge in [-0.1, -0.05) is 12.1 Å². The van der Waals surface area contributed by atoms with Crippen LogP contribution in [0.5, 0.6) is 23.0 Å². The molecule has 0 aromatic heterocycles. The van der Waals surface area contributed by atoms with Crippen LogP contribution in [-0.4, -0.2) is 203 Å². The first-order valence-corrected chi connectivity index (χ1v) is 39.4. The second-order valence-electron chi connectivity index (χ2n) is 36.0. The van der Waals surface area contributed by atoms with Gasteiger partial charge in [-0.25, -0.2) is 38.4 Å². The first-order valence-electron chi connectivity index (χ1n) is 39.4. The summed E-state index contributed by atoms with van der Waals surface area (Å²) in [5, 5.41) is 10.7. The van der Waals surface area contributed by atoms with Crippen molar-refractivity contribution in [1.29, 1.82) is 0 Å². The predicted octanol–water partition coefficient (Wildman–Crippen LogP) is 13.7. The van der Waals surface area contributed by atoms with Crippen LogP contribution in [0.2, 0.25) is 0 Å². The van der Waals surface area contributed by atoms with Crippen molar-refractivity contribution < 1.29 is 124 Å². The number of aryl methyl sites for hydroxylation is 2. The van der Waals surface area contributed by atoms with E-state index < -0.39 is 155 Å². The first-order chi connectivity index (χ1) is 55.4. The van der Waals surface area contributed by atoms with Gasteiger partial charge in [0.2, 0.25) is 11.9 Å². The van der Waals surface area contributed by atoms with Crippen LogP contribution in [0.4, 0.5) is 30.6 Å². The Morgan fingerprint density at radius 1 is 0.408 bits per heavy atom. The highest BCUT2D eigenvalue weighted by atomic mass is 16.6. The van der Waals surface area contributed by atoms with E-state index in [-0.39, 0.29) is 134 Å². The van der Waals surface area contributed by atoms with Crippen molar-refractivity contribution in [2.45, 2.75) is 262 Å². The van der Waals surface area contributed by atoms with Crippen LogP contribution in [0.1, 0.15) is 244 Å². The summed E-state index contributed by atoms with van der Waals surface area (Å²) in [4.78, 5) is 178. The number of aliphatic imine (C=N–C) groups is 2. The fourth-order valence-electron chi connectivity index (χ4n) is 11.4. The van der Waals surface area contributed by atoms with Gasteiger partial charge in [0.25, 0.3) is 11.8 Å². The van der Waals surface area contributed by atoms with Gasteiger partial charge in [0, 0.05) is 24.5 Å². The Labute approximate surface area is 700 Å². The number of rotatable bonds is 21. The molecular weight excluding hydrogens is 1560 g/mol. The molecule has 658 valence electrons. The van der Waals surface area contributed by atoms with E-state index in [2.05, 4.69) is 31.3 Å². The number of anilines is 2. The van der Waals surface area contributed by atoms with Crippen molar-refractivity contribution in [3.8, 4) is 23.0 Å². The first kappa shape index (κ1) is 97.4. The van der Waals surface area contributed by atoms with Crippen LogP contribution >= 0.6 is 0 Å². The number of alkyl carbamates (subject to hydrolysis) is 2. The fraction of sp³-hybridized carbons (Fsp3) is 0.558. The minimum Gasteiger partial charge on any atom is -0.489 e. The summed E-state index contributed by atoms with van der Waals surface area (Å²) in [5.41, 5.74) is -6.78. The number of carbonyl (C=O) groups excluding carboxylic acids is 12. The van der Waals surface area contributed by atoms with Gasteiger partial charge in [0.1, 0.15) is 56.9 Å². The molecule has 2 aliphatic heterocycles. The van der Waals surface area contributed by atoms with Crippen molar-refractivity contribution in [2.75, 3.05) is 63.4 Å². The van der Waals surface area contributed by atoms with Gasteiger partial charge in [-0.3, -0.25) is 29.8 Å². The molecule has 0 bridgehead atoms. The number of amides is 6. The van der Waals surface area contributed by atoms with Gasteiger partial charge in [0.15, 0.2) is 23.0 Å². The number of fused-ring (bicyclic) bond motifs is 4. The zero-order valence-electron chi connectivity index (χ0n) is 73.4. The topological polar surface area (TPSA) is 413 Å². The van der Waals surface area contributed by atoms with Gasteiger partial charge in [-0.15, -0.1) is 9.98 Å². The summed E-state index contributed by atoms with van der Waals surface area (Å²) in [7, 11) is 0. The molecule has 2 aliphatic rings. The average Bonchev–Trinajstić information content (AvgIpc) is 0.793. The third-order valence-corrected chi connectivity index (χ3v) is 15.6. The molecule has 0 unspecified atom stereocenters. The van der Waals surface area contributed by atoms with Gasteiger partial charge < -0.3 is 86.7 Å². The number of esters is 6. The SMILES string of the molecule is CC(C)(C)OC(=O)C[C@@H](C(=O)OC(C)(C)C)N(CCOCCOCCN(C(=O)c1cccc2c1OCCCc1cc(NC(=NC(=O)OC(C)(C)C)NC(=O)OC(C)(C)C)ccc1C(=O)O2)[C@@H](CC(=O)OC(C)(C)C)C(=O)OC(C)(C)C)C(=O)c1cccc2c1OCCCc1cc(NC(=NC(=O)OC(C)(C)C)NC(=O)OC(C)(C)C)ccc1C(=O)O2. The maximum absolute atomic E-state index is 15.5. The predicted molar refractivity (Wildman–Crippen MR) is 441 cm³/mol. The number of guanidine groups is 2. The number of hydrogen-bond donors (Lipinski definition) is 4. The second-order valence-corrected chi connectivity index (χ2v) is 36.0. The maximum atomic E-state index is 15.5. The zero-order chi connectivity index (χ0) is 89.8. The number of hydrogen-bond acceptors (Lipinski definition) is 26. The molecule has 0 fully saturated rings. The number of carbonyl (C=O) groups is 12. The lowest BCUT2D eigenvalue weighted by Crippen LogP contribution is -2.50. The highest BCUT2D eigenvalue weighted by molar-refractivity contribution is 6.08. The van der Waals surface area contributed by atoms with Crippen molar-refractivity contribution in [3.05, 3.63) is 106 Å². The van der Waals surface area contributed by atoms with E-state index in [4.69, 9.17) is 66.3 Å². The van der Waals surface area contributed by atoms with Crippen LogP contribution in [0.3, 0.4) is 0 Å². The molecule has 0 aliphatic carbocycles. The molecule has 6 rings (SSSR count). The molecule has 0 saturated carbocycles. The standard InChI is InChI=1S/C86H118N8O26/c1-79(2,3)113-63(95)49-59(71(101)115-81(7,8)9)93(67(97)57-31-25-33-61-65(57)109-41-27-29-51-47-53(35-37-55(51)69(99)111-61)87-73(89-75(103)117-83(13,14)15)90-76(104)118-84(16,17)18)39-43-107-45-46-108-44-40-94(60(72(102)116-82(10,11)12)50-64(96)114-80(4,5)6)68(98)58-32-26-34-62-66(58)110-42-28-30-52-48-54(36-38-56(52)70(100)112-62)88-74(91-77(105)119-85(19,20)21)92-78(106)120-86(22,23)24/h25-26,31-38,47-48,59-60H,27-30,39-46,49-50H2,1-24H3,(H2,87,89,90,103,104)(H2,88,91,92,105,106)/t59-,60-/m0/s1. The quantitative estimate of drug-likeness (QED) is 0.0150. The highest BCUT2D eigenvalue weighted by Gasteiger charge is 2.42. The summed E-state index contributed by atoms with van der Waals surface area (Å²) < 4.78 is 81.6. The minimum atomic E-state index is -1.67. The van der Waals surface area contributed by atoms with Gasteiger partial charge in [-0.2, -0.15) is 0 Å². The van der Waals surface area contributed by atoms with Crippen LogP contribution in [0, 0.1) is 0 Å². The third kappa shape index (κ3) is 33.8. The van der Waals surface area contributed by atoms with Crippen LogP contribution < -0.4 is 40.2 Å². The molecule has 2 heterocycles. The molecular formula is C86H118N8O26. The van der Waals surface area contributed by atoms with Crippen molar-refractivity contribution in [2.24, 2.45) is 9.98 Å². The Kier molecular flexibility index (Phi) is 33.3. The minimum absolute atomic E-state index is 0.0785. The van der Waals surface area contributed by atoms with Gasteiger partial charge >= 0.3 is 60.2 Å². The van der Waals surface area contributed by atoms with Crippen molar-refractivity contribution in [1.82, 2.24) is 20.4 Å². The van der Waals surface area contributed by atoms with E-state index in [1.54, 1.807) is 178 Å². The molecule has 34 nitrogen and oxygen atoms in total. The highest BCUT2D eigenvalue weighted by Crippen LogP contribution is 2.38. The van der Waals surface area contributed by atoms with E-state index in [1.807, 2.05) is 0 Å².